The van der Waals surface area contributed by atoms with Crippen molar-refractivity contribution in [2.75, 3.05) is 44.2 Å². The molecular formula is C17H25N7S. The molecule has 0 saturated carbocycles. The van der Waals surface area contributed by atoms with Gasteiger partial charge in [-0.1, -0.05) is 0 Å². The first-order chi connectivity index (χ1) is 12.3. The normalized spacial score (nSPS) is 15.5. The third-order valence-electron chi connectivity index (χ3n) is 4.05. The highest BCUT2D eigenvalue weighted by molar-refractivity contribution is 7.09. The Morgan fingerprint density at radius 3 is 2.64 bits per heavy atom. The van der Waals surface area contributed by atoms with Crippen LogP contribution >= 0.6 is 11.3 Å². The standard InChI is InChI=1S/C17H25N7S/c1-3-18-16(21-8-5-15-13-25-14(2)22-15)23-9-11-24(12-10-23)17-19-6-4-7-20-17/h4,6-7,13H,3,5,8-12H2,1-2H3,(H,18,21). The summed E-state index contributed by atoms with van der Waals surface area (Å²) in [7, 11) is 0. The summed E-state index contributed by atoms with van der Waals surface area (Å²) in [6.07, 6.45) is 4.47. The second-order valence-electron chi connectivity index (χ2n) is 5.87. The van der Waals surface area contributed by atoms with E-state index in [0.29, 0.717) is 0 Å². The number of rotatable bonds is 5. The maximum absolute atomic E-state index is 4.79. The van der Waals surface area contributed by atoms with E-state index in [2.05, 4.69) is 42.4 Å². The lowest BCUT2D eigenvalue weighted by molar-refractivity contribution is 0.370. The highest BCUT2D eigenvalue weighted by Gasteiger charge is 2.20. The zero-order valence-corrected chi connectivity index (χ0v) is 15.7. The number of hydrogen-bond donors (Lipinski definition) is 1. The average molecular weight is 360 g/mol. The molecule has 25 heavy (non-hydrogen) atoms. The number of hydrogen-bond acceptors (Lipinski definition) is 6. The maximum Gasteiger partial charge on any atom is 0.225 e. The number of aryl methyl sites for hydroxylation is 1. The molecule has 2 aromatic rings. The number of guanidine groups is 1. The fraction of sp³-hybridized carbons (Fsp3) is 0.529. The van der Waals surface area contributed by atoms with Crippen LogP contribution in [-0.2, 0) is 6.42 Å². The molecule has 0 bridgehead atoms. The molecule has 0 spiro atoms. The molecule has 0 unspecified atom stereocenters. The molecule has 0 atom stereocenters. The summed E-state index contributed by atoms with van der Waals surface area (Å²) in [5, 5.41) is 6.64. The molecule has 1 aliphatic rings. The number of nitrogens with one attached hydrogen (secondary N) is 1. The van der Waals surface area contributed by atoms with Crippen molar-refractivity contribution in [2.45, 2.75) is 20.3 Å². The first kappa shape index (κ1) is 17.6. The minimum atomic E-state index is 0.757. The molecule has 134 valence electrons. The van der Waals surface area contributed by atoms with Gasteiger partial charge >= 0.3 is 0 Å². The Bertz CT molecular complexity index is 677. The van der Waals surface area contributed by atoms with Crippen molar-refractivity contribution in [2.24, 2.45) is 4.99 Å². The molecule has 2 aromatic heterocycles. The van der Waals surface area contributed by atoms with Crippen molar-refractivity contribution in [3.8, 4) is 0 Å². The third kappa shape index (κ3) is 4.88. The summed E-state index contributed by atoms with van der Waals surface area (Å²) in [5.41, 5.74) is 1.13. The van der Waals surface area contributed by atoms with E-state index in [4.69, 9.17) is 4.99 Å². The molecule has 3 rings (SSSR count). The zero-order chi connectivity index (χ0) is 17.5. The quantitative estimate of drug-likeness (QED) is 0.646. The Hall–Kier alpha value is -2.22. The number of aromatic nitrogens is 3. The monoisotopic (exact) mass is 359 g/mol. The molecule has 0 aromatic carbocycles. The molecule has 0 radical (unpaired) electrons. The molecule has 3 heterocycles. The van der Waals surface area contributed by atoms with E-state index in [9.17, 15) is 0 Å². The first-order valence-electron chi connectivity index (χ1n) is 8.72. The van der Waals surface area contributed by atoms with Crippen LogP contribution in [0.25, 0.3) is 0 Å². The van der Waals surface area contributed by atoms with Crippen LogP contribution < -0.4 is 10.2 Å². The molecule has 1 aliphatic heterocycles. The predicted molar refractivity (Wildman–Crippen MR) is 102 cm³/mol. The van der Waals surface area contributed by atoms with Gasteiger partial charge in [0.05, 0.1) is 10.7 Å². The van der Waals surface area contributed by atoms with Crippen LogP contribution in [0.1, 0.15) is 17.6 Å². The van der Waals surface area contributed by atoms with Crippen LogP contribution in [0.5, 0.6) is 0 Å². The van der Waals surface area contributed by atoms with Gasteiger partial charge < -0.3 is 15.1 Å². The lowest BCUT2D eigenvalue weighted by Crippen LogP contribution is -2.53. The lowest BCUT2D eigenvalue weighted by Gasteiger charge is -2.36. The maximum atomic E-state index is 4.79. The minimum Gasteiger partial charge on any atom is -0.357 e. The first-order valence-corrected chi connectivity index (χ1v) is 9.60. The Labute approximate surface area is 152 Å². The number of anilines is 1. The molecule has 8 heteroatoms. The van der Waals surface area contributed by atoms with Gasteiger partial charge in [0.2, 0.25) is 5.95 Å². The number of piperazine rings is 1. The average Bonchev–Trinajstić information content (AvgIpc) is 3.07. The van der Waals surface area contributed by atoms with Gasteiger partial charge in [-0.25, -0.2) is 15.0 Å². The fourth-order valence-corrected chi connectivity index (χ4v) is 3.45. The molecule has 0 amide bonds. The summed E-state index contributed by atoms with van der Waals surface area (Å²) in [6.45, 7) is 9.41. The van der Waals surface area contributed by atoms with Gasteiger partial charge in [-0.05, 0) is 19.9 Å². The second kappa shape index (κ2) is 8.75. The highest BCUT2D eigenvalue weighted by Crippen LogP contribution is 2.11. The summed E-state index contributed by atoms with van der Waals surface area (Å²) < 4.78 is 0. The number of aliphatic imine (C=N–C) groups is 1. The Morgan fingerprint density at radius 1 is 1.24 bits per heavy atom. The van der Waals surface area contributed by atoms with Gasteiger partial charge in [0.25, 0.3) is 0 Å². The number of thiazole rings is 1. The molecule has 0 aliphatic carbocycles. The summed E-state index contributed by atoms with van der Waals surface area (Å²) in [5.74, 6) is 1.80. The van der Waals surface area contributed by atoms with Crippen LogP contribution in [0.4, 0.5) is 5.95 Å². The van der Waals surface area contributed by atoms with E-state index in [1.165, 1.54) is 0 Å². The van der Waals surface area contributed by atoms with E-state index in [-0.39, 0.29) is 0 Å². The van der Waals surface area contributed by atoms with Gasteiger partial charge in [-0.2, -0.15) is 0 Å². The zero-order valence-electron chi connectivity index (χ0n) is 14.9. The van der Waals surface area contributed by atoms with Gasteiger partial charge in [0.1, 0.15) is 0 Å². The Balaban J connectivity index is 1.55. The van der Waals surface area contributed by atoms with Crippen molar-refractivity contribution in [1.82, 2.24) is 25.2 Å². The van der Waals surface area contributed by atoms with E-state index >= 15 is 0 Å². The molecule has 1 saturated heterocycles. The molecule has 1 N–H and O–H groups in total. The van der Waals surface area contributed by atoms with E-state index in [1.807, 2.05) is 13.0 Å². The van der Waals surface area contributed by atoms with Crippen LogP contribution in [-0.4, -0.2) is 65.1 Å². The molecular weight excluding hydrogens is 334 g/mol. The van der Waals surface area contributed by atoms with Gasteiger partial charge in [-0.15, -0.1) is 11.3 Å². The van der Waals surface area contributed by atoms with Gasteiger partial charge in [-0.3, -0.25) is 4.99 Å². The largest absolute Gasteiger partial charge is 0.357 e. The van der Waals surface area contributed by atoms with E-state index in [1.54, 1.807) is 23.7 Å². The van der Waals surface area contributed by atoms with Crippen LogP contribution in [0.2, 0.25) is 0 Å². The summed E-state index contributed by atoms with van der Waals surface area (Å²) >= 11 is 1.70. The van der Waals surface area contributed by atoms with Crippen molar-refractivity contribution in [3.05, 3.63) is 34.5 Å². The lowest BCUT2D eigenvalue weighted by atomic mass is 10.3. The summed E-state index contributed by atoms with van der Waals surface area (Å²) in [6, 6.07) is 1.85. The molecule has 7 nitrogen and oxygen atoms in total. The SMILES string of the molecule is CCNC(=NCCc1csc(C)n1)N1CCN(c2ncccn2)CC1. The summed E-state index contributed by atoms with van der Waals surface area (Å²) in [4.78, 5) is 22.5. The Kier molecular flexibility index (Phi) is 6.16. The highest BCUT2D eigenvalue weighted by atomic mass is 32.1. The topological polar surface area (TPSA) is 69.5 Å². The van der Waals surface area contributed by atoms with Crippen LogP contribution in [0.3, 0.4) is 0 Å². The predicted octanol–water partition coefficient (Wildman–Crippen LogP) is 1.57. The van der Waals surface area contributed by atoms with E-state index < -0.39 is 0 Å². The second-order valence-corrected chi connectivity index (χ2v) is 6.93. The van der Waals surface area contributed by atoms with Crippen molar-refractivity contribution >= 4 is 23.2 Å². The Morgan fingerprint density at radius 2 is 2.00 bits per heavy atom. The van der Waals surface area contributed by atoms with Gasteiger partial charge in [0.15, 0.2) is 5.96 Å². The van der Waals surface area contributed by atoms with Crippen LogP contribution in [0, 0.1) is 6.92 Å². The smallest absolute Gasteiger partial charge is 0.225 e. The molecule has 1 fully saturated rings. The van der Waals surface area contributed by atoms with Crippen molar-refractivity contribution in [3.63, 3.8) is 0 Å². The fourth-order valence-electron chi connectivity index (χ4n) is 2.80. The van der Waals surface area contributed by atoms with Gasteiger partial charge in [0, 0.05) is 63.5 Å². The minimum absolute atomic E-state index is 0.757. The van der Waals surface area contributed by atoms with Crippen LogP contribution in [0.15, 0.2) is 28.8 Å². The van der Waals surface area contributed by atoms with Crippen molar-refractivity contribution < 1.29 is 0 Å². The van der Waals surface area contributed by atoms with Crippen molar-refractivity contribution in [1.29, 1.82) is 0 Å². The van der Waals surface area contributed by atoms with E-state index in [0.717, 1.165) is 68.3 Å². The number of nitrogens with zero attached hydrogens (tertiary/aromatic N) is 6. The third-order valence-corrected chi connectivity index (χ3v) is 4.87.